The summed E-state index contributed by atoms with van der Waals surface area (Å²) in [4.78, 5) is 34.9. The van der Waals surface area contributed by atoms with Gasteiger partial charge in [-0.2, -0.15) is 5.16 Å². The number of hydrazine groups is 1. The number of carboxylic acids is 1. The summed E-state index contributed by atoms with van der Waals surface area (Å²) in [5.74, 6) is -1.85. The van der Waals surface area contributed by atoms with Gasteiger partial charge in [0.15, 0.2) is 6.10 Å². The van der Waals surface area contributed by atoms with Crippen molar-refractivity contribution in [3.63, 3.8) is 0 Å². The number of ether oxygens (including phenoxy) is 1. The van der Waals surface area contributed by atoms with Crippen molar-refractivity contribution in [2.24, 2.45) is 0 Å². The second kappa shape index (κ2) is 9.74. The molecule has 0 aliphatic rings. The van der Waals surface area contributed by atoms with Gasteiger partial charge in [0, 0.05) is 5.56 Å². The molecule has 162 valence electrons. The number of rotatable bonds is 9. The average Bonchev–Trinajstić information content (AvgIpc) is 3.22. The maximum atomic E-state index is 12.7. The van der Waals surface area contributed by atoms with Gasteiger partial charge in [-0.3, -0.25) is 14.6 Å². The van der Waals surface area contributed by atoms with Crippen LogP contribution in [0.5, 0.6) is 5.75 Å². The van der Waals surface area contributed by atoms with E-state index in [0.29, 0.717) is 11.3 Å². The molecule has 1 atom stereocenters. The second-order valence-electron chi connectivity index (χ2n) is 6.59. The number of aliphatic hydroxyl groups excluding tert-OH is 1. The minimum absolute atomic E-state index is 0.0223. The molecule has 1 unspecified atom stereocenters. The van der Waals surface area contributed by atoms with Gasteiger partial charge >= 0.3 is 11.9 Å². The number of carbonyl (C=O) groups is 2. The van der Waals surface area contributed by atoms with Gasteiger partial charge in [0.2, 0.25) is 5.76 Å². The lowest BCUT2D eigenvalue weighted by atomic mass is 10.0. The third kappa shape index (κ3) is 5.38. The molecule has 0 aliphatic carbocycles. The van der Waals surface area contributed by atoms with Crippen LogP contribution in [0, 0.1) is 0 Å². The molecule has 31 heavy (non-hydrogen) atoms. The number of carboxylic acid groups (broad SMARTS) is 1. The van der Waals surface area contributed by atoms with Crippen LogP contribution in [0.15, 0.2) is 63.9 Å². The van der Waals surface area contributed by atoms with Crippen LogP contribution < -0.4 is 15.7 Å². The molecule has 0 saturated carbocycles. The fourth-order valence-electron chi connectivity index (χ4n) is 2.88. The van der Waals surface area contributed by atoms with E-state index in [1.54, 1.807) is 12.1 Å². The van der Waals surface area contributed by atoms with Crippen molar-refractivity contribution in [1.82, 2.24) is 15.6 Å². The molecule has 2 aromatic carbocycles. The number of aliphatic carboxylic acids is 1. The molecule has 10 nitrogen and oxygen atoms in total. The lowest BCUT2D eigenvalue weighted by Gasteiger charge is -2.24. The van der Waals surface area contributed by atoms with Crippen molar-refractivity contribution in [2.45, 2.75) is 12.6 Å². The first kappa shape index (κ1) is 21.8. The zero-order valence-corrected chi connectivity index (χ0v) is 16.6. The van der Waals surface area contributed by atoms with E-state index in [9.17, 15) is 19.5 Å². The van der Waals surface area contributed by atoms with Crippen molar-refractivity contribution in [1.29, 1.82) is 0 Å². The number of hydrogen-bond acceptors (Lipinski definition) is 7. The first-order chi connectivity index (χ1) is 14.9. The smallest absolute Gasteiger partial charge is 0.333 e. The molecule has 3 aromatic rings. The summed E-state index contributed by atoms with van der Waals surface area (Å²) in [7, 11) is 1.53. The summed E-state index contributed by atoms with van der Waals surface area (Å²) >= 11 is 0. The number of carbonyl (C=O) groups excluding carboxylic acids is 1. The molecule has 1 aromatic heterocycles. The number of H-pyrrole nitrogens is 1. The fraction of sp³-hybridized carbons (Fsp3) is 0.190. The van der Waals surface area contributed by atoms with Gasteiger partial charge in [-0.05, 0) is 17.2 Å². The topological polar surface area (TPSA) is 145 Å². The van der Waals surface area contributed by atoms with E-state index >= 15 is 0 Å². The Morgan fingerprint density at radius 2 is 1.94 bits per heavy atom. The fourth-order valence-corrected chi connectivity index (χ4v) is 2.88. The van der Waals surface area contributed by atoms with Crippen molar-refractivity contribution in [3.05, 3.63) is 76.3 Å². The normalized spacial score (nSPS) is 11.7. The van der Waals surface area contributed by atoms with E-state index in [1.807, 2.05) is 41.6 Å². The first-order valence-corrected chi connectivity index (χ1v) is 9.26. The van der Waals surface area contributed by atoms with Crippen LogP contribution in [0.3, 0.4) is 0 Å². The molecule has 0 radical (unpaired) electrons. The molecule has 0 saturated heterocycles. The molecule has 0 spiro atoms. The number of amides is 1. The predicted molar refractivity (Wildman–Crippen MR) is 109 cm³/mol. The highest BCUT2D eigenvalue weighted by molar-refractivity contribution is 5.91. The number of nitrogens with one attached hydrogen (secondary N) is 2. The molecule has 0 fully saturated rings. The lowest BCUT2D eigenvalue weighted by molar-refractivity contribution is -0.146. The molecule has 1 amide bonds. The number of methoxy groups -OCH3 is 1. The van der Waals surface area contributed by atoms with Crippen molar-refractivity contribution in [3.8, 4) is 16.9 Å². The maximum absolute atomic E-state index is 12.7. The predicted octanol–water partition coefficient (Wildman–Crippen LogP) is 1.24. The summed E-state index contributed by atoms with van der Waals surface area (Å²) in [6, 6.07) is 15.9. The molecule has 3 rings (SSSR count). The summed E-state index contributed by atoms with van der Waals surface area (Å²) in [6.07, 6.45) is -1.73. The highest BCUT2D eigenvalue weighted by atomic mass is 16.5. The Hall–Kier alpha value is -3.89. The summed E-state index contributed by atoms with van der Waals surface area (Å²) in [5.41, 5.74) is 4.45. The Morgan fingerprint density at radius 1 is 1.19 bits per heavy atom. The maximum Gasteiger partial charge on any atom is 0.333 e. The molecule has 1 heterocycles. The van der Waals surface area contributed by atoms with E-state index in [4.69, 9.17) is 14.4 Å². The van der Waals surface area contributed by atoms with Gasteiger partial charge in [0.25, 0.3) is 5.56 Å². The average molecular weight is 427 g/mol. The minimum atomic E-state index is -1.73. The number of hydrogen-bond donors (Lipinski definition) is 4. The van der Waals surface area contributed by atoms with Gasteiger partial charge in [-0.25, -0.2) is 10.2 Å². The molecule has 10 heteroatoms. The summed E-state index contributed by atoms with van der Waals surface area (Å²) < 4.78 is 10.3. The van der Waals surface area contributed by atoms with E-state index in [-0.39, 0.29) is 12.3 Å². The van der Waals surface area contributed by atoms with Gasteiger partial charge in [0.05, 0.1) is 26.3 Å². The van der Waals surface area contributed by atoms with Crippen LogP contribution in [0.1, 0.15) is 16.1 Å². The molecular formula is C21H21N3O7. The third-order valence-corrected chi connectivity index (χ3v) is 4.43. The number of aromatic nitrogens is 1. The number of nitrogens with zero attached hydrogens (tertiary/aromatic N) is 1. The summed E-state index contributed by atoms with van der Waals surface area (Å²) in [6.45, 7) is -0.458. The van der Waals surface area contributed by atoms with Crippen molar-refractivity contribution < 1.29 is 29.1 Å². The van der Waals surface area contributed by atoms with Crippen LogP contribution >= 0.6 is 0 Å². The molecule has 0 aliphatic heterocycles. The zero-order chi connectivity index (χ0) is 22.4. The Kier molecular flexibility index (Phi) is 6.85. The quantitative estimate of drug-likeness (QED) is 0.373. The van der Waals surface area contributed by atoms with E-state index in [1.165, 1.54) is 7.11 Å². The molecular weight excluding hydrogens is 406 g/mol. The Labute approximate surface area is 176 Å². The van der Waals surface area contributed by atoms with Crippen LogP contribution in [-0.2, 0) is 11.3 Å². The number of aliphatic hydroxyl groups is 1. The second-order valence-corrected chi connectivity index (χ2v) is 6.59. The largest absolute Gasteiger partial charge is 0.496 e. The van der Waals surface area contributed by atoms with Gasteiger partial charge in [-0.1, -0.05) is 42.5 Å². The summed E-state index contributed by atoms with van der Waals surface area (Å²) in [5, 5.41) is 21.5. The van der Waals surface area contributed by atoms with Gasteiger partial charge < -0.3 is 19.5 Å². The van der Waals surface area contributed by atoms with Crippen molar-refractivity contribution in [2.75, 3.05) is 13.7 Å². The van der Waals surface area contributed by atoms with Crippen LogP contribution in [-0.4, -0.2) is 52.0 Å². The highest BCUT2D eigenvalue weighted by Gasteiger charge is 2.23. The number of benzene rings is 2. The Bertz CT molecular complexity index is 1110. The SMILES string of the molecule is COc1cc(CN(NCC(O)C(=O)O)C(=O)c2cc(=O)[nH]o2)ccc1-c1ccccc1. The molecule has 0 bridgehead atoms. The van der Waals surface area contributed by atoms with Crippen LogP contribution in [0.25, 0.3) is 11.1 Å². The van der Waals surface area contributed by atoms with E-state index in [2.05, 4.69) is 5.43 Å². The van der Waals surface area contributed by atoms with Gasteiger partial charge in [-0.15, -0.1) is 0 Å². The van der Waals surface area contributed by atoms with Crippen LogP contribution in [0.4, 0.5) is 0 Å². The Morgan fingerprint density at radius 3 is 2.55 bits per heavy atom. The monoisotopic (exact) mass is 427 g/mol. The third-order valence-electron chi connectivity index (χ3n) is 4.43. The zero-order valence-electron chi connectivity index (χ0n) is 16.6. The standard InChI is InChI=1S/C21H21N3O7/c1-30-17-9-13(7-8-15(17)14-5-3-2-4-6-14)12-24(22-11-16(25)21(28)29)20(27)18-10-19(26)23-31-18/h2-10,16,22,25H,11-12H2,1H3,(H,23,26)(H,28,29). The van der Waals surface area contributed by atoms with Crippen LogP contribution in [0.2, 0.25) is 0 Å². The lowest BCUT2D eigenvalue weighted by Crippen LogP contribution is -2.47. The highest BCUT2D eigenvalue weighted by Crippen LogP contribution is 2.31. The molecule has 4 N–H and O–H groups in total. The van der Waals surface area contributed by atoms with E-state index < -0.39 is 30.1 Å². The number of aromatic amines is 1. The van der Waals surface area contributed by atoms with E-state index in [0.717, 1.165) is 22.2 Å². The Balaban J connectivity index is 1.86. The van der Waals surface area contributed by atoms with Crippen molar-refractivity contribution >= 4 is 11.9 Å². The first-order valence-electron chi connectivity index (χ1n) is 9.26. The minimum Gasteiger partial charge on any atom is -0.496 e. The van der Waals surface area contributed by atoms with Gasteiger partial charge in [0.1, 0.15) is 5.75 Å².